The quantitative estimate of drug-likeness (QED) is 0.557. The monoisotopic (exact) mass is 435 g/mol. The van der Waals surface area contributed by atoms with Gasteiger partial charge >= 0.3 is 6.18 Å². The fourth-order valence-corrected chi connectivity index (χ4v) is 2.31. The van der Waals surface area contributed by atoms with Crippen molar-refractivity contribution in [2.75, 3.05) is 23.8 Å². The van der Waals surface area contributed by atoms with Crippen LogP contribution in [0.15, 0.2) is 65.4 Å². The Kier molecular flexibility index (Phi) is 6.75. The van der Waals surface area contributed by atoms with Crippen LogP contribution in [0.3, 0.4) is 0 Å². The van der Waals surface area contributed by atoms with Crippen molar-refractivity contribution in [1.29, 1.82) is 0 Å². The molecule has 8 nitrogen and oxygen atoms in total. The molecule has 3 aromatic rings. The van der Waals surface area contributed by atoms with Gasteiger partial charge in [-0.15, -0.1) is 0 Å². The van der Waals surface area contributed by atoms with E-state index in [-0.39, 0.29) is 23.9 Å². The summed E-state index contributed by atoms with van der Waals surface area (Å²) >= 11 is 0. The molecule has 2 amide bonds. The van der Waals surface area contributed by atoms with Crippen LogP contribution in [0.1, 0.15) is 10.6 Å². The first kappa shape index (κ1) is 21.7. The van der Waals surface area contributed by atoms with Gasteiger partial charge in [-0.1, -0.05) is 6.07 Å². The van der Waals surface area contributed by atoms with Crippen molar-refractivity contribution in [3.05, 3.63) is 66.8 Å². The van der Waals surface area contributed by atoms with Crippen LogP contribution in [-0.2, 0) is 4.79 Å². The average Bonchev–Trinajstić information content (AvgIpc) is 3.27. The fraction of sp³-hybridized carbons (Fsp3) is 0.150. The molecule has 0 radical (unpaired) electrons. The van der Waals surface area contributed by atoms with Crippen molar-refractivity contribution < 1.29 is 36.7 Å². The number of hydrogen-bond donors (Lipinski definition) is 2. The number of amides is 2. The van der Waals surface area contributed by atoms with Crippen molar-refractivity contribution in [1.82, 2.24) is 4.98 Å². The smallest absolute Gasteiger partial charge is 0.422 e. The molecule has 0 aliphatic carbocycles. The van der Waals surface area contributed by atoms with E-state index in [4.69, 9.17) is 9.15 Å². The Morgan fingerprint density at radius 1 is 1.00 bits per heavy atom. The number of aromatic nitrogens is 1. The second kappa shape index (κ2) is 9.65. The Hall–Kier alpha value is -4.02. The van der Waals surface area contributed by atoms with Crippen LogP contribution < -0.4 is 20.1 Å². The number of ether oxygens (including phenoxy) is 2. The van der Waals surface area contributed by atoms with Crippen molar-refractivity contribution in [3.63, 3.8) is 0 Å². The minimum Gasteiger partial charge on any atom is -0.484 e. The fourth-order valence-electron chi connectivity index (χ4n) is 2.31. The number of rotatable bonds is 8. The summed E-state index contributed by atoms with van der Waals surface area (Å²) < 4.78 is 51.3. The van der Waals surface area contributed by atoms with Gasteiger partial charge in [0.1, 0.15) is 5.75 Å². The number of hydrogen-bond acceptors (Lipinski definition) is 6. The molecule has 0 fully saturated rings. The molecule has 0 saturated carbocycles. The van der Waals surface area contributed by atoms with E-state index in [2.05, 4.69) is 20.4 Å². The van der Waals surface area contributed by atoms with E-state index in [1.165, 1.54) is 30.5 Å². The van der Waals surface area contributed by atoms with Gasteiger partial charge < -0.3 is 24.5 Å². The Labute approximate surface area is 174 Å². The molecule has 0 spiro atoms. The number of benzene rings is 1. The Bertz CT molecular complexity index is 1020. The van der Waals surface area contributed by atoms with Gasteiger partial charge in [0.15, 0.2) is 19.0 Å². The lowest BCUT2D eigenvalue weighted by atomic mass is 10.3. The minimum absolute atomic E-state index is 0.147. The predicted octanol–water partition coefficient (Wildman–Crippen LogP) is 3.89. The number of nitrogens with one attached hydrogen (secondary N) is 2. The summed E-state index contributed by atoms with van der Waals surface area (Å²) in [4.78, 5) is 27.7. The van der Waals surface area contributed by atoms with E-state index in [0.717, 1.165) is 6.20 Å². The third-order valence-corrected chi connectivity index (χ3v) is 3.61. The number of alkyl halides is 3. The molecule has 2 heterocycles. The van der Waals surface area contributed by atoms with E-state index in [1.54, 1.807) is 24.3 Å². The molecule has 2 N–H and O–H groups in total. The zero-order chi connectivity index (χ0) is 22.3. The summed E-state index contributed by atoms with van der Waals surface area (Å²) in [5.41, 5.74) is 0.699. The van der Waals surface area contributed by atoms with Crippen LogP contribution >= 0.6 is 0 Å². The SMILES string of the molecule is O=C(COc1cccc(NC(=O)c2ccco2)c1)Nc1ccc(OCC(F)(F)F)nc1. The summed E-state index contributed by atoms with van der Waals surface area (Å²) in [7, 11) is 0. The summed E-state index contributed by atoms with van der Waals surface area (Å²) in [6.45, 7) is -1.80. The predicted molar refractivity (Wildman–Crippen MR) is 103 cm³/mol. The van der Waals surface area contributed by atoms with Gasteiger partial charge in [-0.2, -0.15) is 13.2 Å². The normalized spacial score (nSPS) is 10.9. The standard InChI is InChI=1S/C20H16F3N3O5/c21-20(22,23)12-31-18-7-6-14(10-24-18)25-17(27)11-30-15-4-1-3-13(9-15)26-19(28)16-5-2-8-29-16/h1-10H,11-12H2,(H,25,27)(H,26,28). The molecule has 0 aliphatic rings. The molecule has 2 aromatic heterocycles. The molecule has 3 rings (SSSR count). The Balaban J connectivity index is 1.48. The number of nitrogens with zero attached hydrogens (tertiary/aromatic N) is 1. The summed E-state index contributed by atoms with van der Waals surface area (Å²) in [5.74, 6) is -0.693. The number of halogens is 3. The molecule has 0 bridgehead atoms. The molecule has 11 heteroatoms. The molecule has 31 heavy (non-hydrogen) atoms. The number of anilines is 2. The number of carbonyl (C=O) groups excluding carboxylic acids is 2. The summed E-state index contributed by atoms with van der Waals surface area (Å²) in [6.07, 6.45) is -1.93. The number of furan rings is 1. The summed E-state index contributed by atoms with van der Waals surface area (Å²) in [6, 6.07) is 12.1. The van der Waals surface area contributed by atoms with Crippen molar-refractivity contribution in [2.45, 2.75) is 6.18 Å². The van der Waals surface area contributed by atoms with Gasteiger partial charge in [-0.25, -0.2) is 4.98 Å². The molecule has 0 unspecified atom stereocenters. The van der Waals surface area contributed by atoms with Crippen LogP contribution in [0.2, 0.25) is 0 Å². The first-order chi connectivity index (χ1) is 14.8. The lowest BCUT2D eigenvalue weighted by Crippen LogP contribution is -2.21. The molecule has 0 aliphatic heterocycles. The maximum atomic E-state index is 12.1. The first-order valence-electron chi connectivity index (χ1n) is 8.82. The minimum atomic E-state index is -4.47. The van der Waals surface area contributed by atoms with Gasteiger partial charge in [0.05, 0.1) is 18.1 Å². The zero-order valence-corrected chi connectivity index (χ0v) is 15.8. The molecule has 1 aromatic carbocycles. The molecule has 0 saturated heterocycles. The number of carbonyl (C=O) groups is 2. The van der Waals surface area contributed by atoms with Crippen LogP contribution in [0.5, 0.6) is 11.6 Å². The van der Waals surface area contributed by atoms with Gasteiger partial charge in [-0.3, -0.25) is 9.59 Å². The van der Waals surface area contributed by atoms with Crippen LogP contribution in [0.25, 0.3) is 0 Å². The lowest BCUT2D eigenvalue weighted by Gasteiger charge is -2.10. The van der Waals surface area contributed by atoms with E-state index >= 15 is 0 Å². The van der Waals surface area contributed by atoms with E-state index in [1.807, 2.05) is 0 Å². The van der Waals surface area contributed by atoms with E-state index in [0.29, 0.717) is 11.4 Å². The second-order valence-electron chi connectivity index (χ2n) is 6.09. The van der Waals surface area contributed by atoms with Gasteiger partial charge in [-0.05, 0) is 30.3 Å². The van der Waals surface area contributed by atoms with Gasteiger partial charge in [0.2, 0.25) is 5.88 Å². The van der Waals surface area contributed by atoms with E-state index in [9.17, 15) is 22.8 Å². The Morgan fingerprint density at radius 2 is 1.84 bits per heavy atom. The van der Waals surface area contributed by atoms with Crippen molar-refractivity contribution in [3.8, 4) is 11.6 Å². The maximum Gasteiger partial charge on any atom is 0.422 e. The molecular formula is C20H16F3N3O5. The van der Waals surface area contributed by atoms with Crippen LogP contribution in [0, 0.1) is 0 Å². The highest BCUT2D eigenvalue weighted by molar-refractivity contribution is 6.02. The second-order valence-corrected chi connectivity index (χ2v) is 6.09. The maximum absolute atomic E-state index is 12.1. The molecule has 162 valence electrons. The third kappa shape index (κ3) is 7.07. The van der Waals surface area contributed by atoms with E-state index < -0.39 is 24.6 Å². The topological polar surface area (TPSA) is 103 Å². The highest BCUT2D eigenvalue weighted by atomic mass is 19.4. The Morgan fingerprint density at radius 3 is 2.52 bits per heavy atom. The largest absolute Gasteiger partial charge is 0.484 e. The zero-order valence-electron chi connectivity index (χ0n) is 15.8. The van der Waals surface area contributed by atoms with Gasteiger partial charge in [0.25, 0.3) is 11.8 Å². The highest BCUT2D eigenvalue weighted by Gasteiger charge is 2.28. The van der Waals surface area contributed by atoms with Gasteiger partial charge in [0, 0.05) is 17.8 Å². The van der Waals surface area contributed by atoms with Crippen molar-refractivity contribution >= 4 is 23.2 Å². The molecular weight excluding hydrogens is 419 g/mol. The molecule has 0 atom stereocenters. The first-order valence-corrected chi connectivity index (χ1v) is 8.82. The van der Waals surface area contributed by atoms with Crippen molar-refractivity contribution in [2.24, 2.45) is 0 Å². The number of pyridine rings is 1. The summed E-state index contributed by atoms with van der Waals surface area (Å²) in [5, 5.41) is 5.12. The highest BCUT2D eigenvalue weighted by Crippen LogP contribution is 2.19. The van der Waals surface area contributed by atoms with Crippen LogP contribution in [0.4, 0.5) is 24.5 Å². The average molecular weight is 435 g/mol. The van der Waals surface area contributed by atoms with Crippen LogP contribution in [-0.4, -0.2) is 36.2 Å². The lowest BCUT2D eigenvalue weighted by molar-refractivity contribution is -0.154. The third-order valence-electron chi connectivity index (χ3n) is 3.61.